The summed E-state index contributed by atoms with van der Waals surface area (Å²) in [4.78, 5) is 36.0. The lowest BCUT2D eigenvalue weighted by Crippen LogP contribution is -2.23. The maximum absolute atomic E-state index is 12.3. The molecule has 1 fully saturated rings. The molecule has 0 spiro atoms. The lowest BCUT2D eigenvalue weighted by Gasteiger charge is -2.15. The molecule has 1 aliphatic heterocycles. The van der Waals surface area contributed by atoms with E-state index in [1.165, 1.54) is 18.2 Å². The Balaban J connectivity index is 1.74. The third kappa shape index (κ3) is 3.61. The molecule has 2 amide bonds. The predicted molar refractivity (Wildman–Crippen MR) is 94.1 cm³/mol. The zero-order valence-corrected chi connectivity index (χ0v) is 13.8. The van der Waals surface area contributed by atoms with E-state index in [1.54, 1.807) is 29.2 Å². The van der Waals surface area contributed by atoms with Gasteiger partial charge in [0, 0.05) is 36.0 Å². The van der Waals surface area contributed by atoms with Crippen LogP contribution in [-0.2, 0) is 4.79 Å². The van der Waals surface area contributed by atoms with Crippen LogP contribution in [0.3, 0.4) is 0 Å². The molecule has 25 heavy (non-hydrogen) atoms. The summed E-state index contributed by atoms with van der Waals surface area (Å²) >= 11 is 5.75. The Morgan fingerprint density at radius 3 is 2.52 bits per heavy atom. The monoisotopic (exact) mass is 359 g/mol. The van der Waals surface area contributed by atoms with Crippen molar-refractivity contribution < 1.29 is 14.5 Å². The number of hydrogen-bond donors (Lipinski definition) is 1. The van der Waals surface area contributed by atoms with Crippen molar-refractivity contribution in [2.24, 2.45) is 0 Å². The molecule has 0 atom stereocenters. The first-order valence-electron chi connectivity index (χ1n) is 7.61. The van der Waals surface area contributed by atoms with Gasteiger partial charge < -0.3 is 10.2 Å². The molecule has 3 rings (SSSR count). The molecule has 8 heteroatoms. The maximum Gasteiger partial charge on any atom is 0.289 e. The van der Waals surface area contributed by atoms with Crippen LogP contribution in [0.4, 0.5) is 17.1 Å². The largest absolute Gasteiger partial charge is 0.322 e. The molecule has 0 unspecified atom stereocenters. The minimum atomic E-state index is -0.611. The van der Waals surface area contributed by atoms with Gasteiger partial charge in [-0.2, -0.15) is 0 Å². The van der Waals surface area contributed by atoms with Crippen LogP contribution in [0.2, 0.25) is 5.02 Å². The number of nitro groups is 1. The number of hydrogen-bond acceptors (Lipinski definition) is 4. The maximum atomic E-state index is 12.3. The summed E-state index contributed by atoms with van der Waals surface area (Å²) in [6, 6.07) is 10.7. The lowest BCUT2D eigenvalue weighted by atomic mass is 10.1. The molecule has 1 heterocycles. The topological polar surface area (TPSA) is 92.5 Å². The van der Waals surface area contributed by atoms with Crippen molar-refractivity contribution in [3.05, 3.63) is 63.2 Å². The normalized spacial score (nSPS) is 13.8. The van der Waals surface area contributed by atoms with Crippen LogP contribution in [0.25, 0.3) is 0 Å². The minimum absolute atomic E-state index is 0.00244. The quantitative estimate of drug-likeness (QED) is 0.666. The van der Waals surface area contributed by atoms with Crippen molar-refractivity contribution in [3.8, 4) is 0 Å². The number of nitro benzene ring substituents is 1. The van der Waals surface area contributed by atoms with Gasteiger partial charge >= 0.3 is 0 Å². The second-order valence-electron chi connectivity index (χ2n) is 5.57. The molecule has 0 radical (unpaired) electrons. The highest BCUT2D eigenvalue weighted by Crippen LogP contribution is 2.28. The number of nitrogens with one attached hydrogen (secondary N) is 1. The smallest absolute Gasteiger partial charge is 0.289 e. The number of anilines is 2. The molecule has 1 N–H and O–H groups in total. The Morgan fingerprint density at radius 1 is 1.20 bits per heavy atom. The zero-order valence-electron chi connectivity index (χ0n) is 13.1. The number of benzene rings is 2. The van der Waals surface area contributed by atoms with Crippen LogP contribution in [0.1, 0.15) is 23.2 Å². The molecule has 1 saturated heterocycles. The molecule has 0 bridgehead atoms. The molecule has 0 aliphatic carbocycles. The second kappa shape index (κ2) is 6.90. The van der Waals surface area contributed by atoms with Crippen molar-refractivity contribution >= 4 is 40.5 Å². The van der Waals surface area contributed by atoms with Crippen molar-refractivity contribution in [1.82, 2.24) is 0 Å². The SMILES string of the molecule is O=C(Nc1ccc(Cl)c([N+](=O)[O-])c1)c1ccc(N2CCCC2=O)cc1. The molecule has 128 valence electrons. The third-order valence-corrected chi connectivity index (χ3v) is 4.23. The van der Waals surface area contributed by atoms with Crippen LogP contribution in [-0.4, -0.2) is 23.3 Å². The Hall–Kier alpha value is -2.93. The number of carbonyl (C=O) groups excluding carboxylic acids is 2. The summed E-state index contributed by atoms with van der Waals surface area (Å²) in [7, 11) is 0. The summed E-state index contributed by atoms with van der Waals surface area (Å²) in [5.74, 6) is -0.332. The first-order valence-corrected chi connectivity index (χ1v) is 7.99. The molecular formula is C17H14ClN3O4. The standard InChI is InChI=1S/C17H14ClN3O4/c18-14-8-5-12(10-15(14)21(24)25)19-17(23)11-3-6-13(7-4-11)20-9-1-2-16(20)22/h3-8,10H,1-2,9H2,(H,19,23). The predicted octanol–water partition coefficient (Wildman–Crippen LogP) is 3.63. The van der Waals surface area contributed by atoms with Crippen LogP contribution >= 0.6 is 11.6 Å². The number of rotatable bonds is 4. The van der Waals surface area contributed by atoms with Gasteiger partial charge in [0.05, 0.1) is 4.92 Å². The highest BCUT2D eigenvalue weighted by Gasteiger charge is 2.21. The van der Waals surface area contributed by atoms with Crippen LogP contribution in [0.15, 0.2) is 42.5 Å². The van der Waals surface area contributed by atoms with Crippen LogP contribution < -0.4 is 10.2 Å². The van der Waals surface area contributed by atoms with Crippen molar-refractivity contribution in [1.29, 1.82) is 0 Å². The average Bonchev–Trinajstić information content (AvgIpc) is 3.02. The fourth-order valence-electron chi connectivity index (χ4n) is 2.65. The van der Waals surface area contributed by atoms with Gasteiger partial charge in [-0.15, -0.1) is 0 Å². The highest BCUT2D eigenvalue weighted by molar-refractivity contribution is 6.32. The number of halogens is 1. The third-order valence-electron chi connectivity index (χ3n) is 3.92. The molecular weight excluding hydrogens is 346 g/mol. The Bertz CT molecular complexity index is 851. The summed E-state index contributed by atoms with van der Waals surface area (Å²) in [6.45, 7) is 0.679. The first-order chi connectivity index (χ1) is 12.0. The average molecular weight is 360 g/mol. The molecule has 2 aromatic carbocycles. The van der Waals surface area contributed by atoms with Crippen molar-refractivity contribution in [3.63, 3.8) is 0 Å². The fourth-order valence-corrected chi connectivity index (χ4v) is 2.83. The van der Waals surface area contributed by atoms with Gasteiger partial charge in [0.1, 0.15) is 5.02 Å². The lowest BCUT2D eigenvalue weighted by molar-refractivity contribution is -0.384. The summed E-state index contributed by atoms with van der Waals surface area (Å²) < 4.78 is 0. The van der Waals surface area contributed by atoms with Gasteiger partial charge in [-0.3, -0.25) is 19.7 Å². The molecule has 0 saturated carbocycles. The second-order valence-corrected chi connectivity index (χ2v) is 5.98. The number of carbonyl (C=O) groups is 2. The van der Waals surface area contributed by atoms with E-state index in [4.69, 9.17) is 11.6 Å². The van der Waals surface area contributed by atoms with Crippen molar-refractivity contribution in [2.75, 3.05) is 16.8 Å². The van der Waals surface area contributed by atoms with Gasteiger partial charge in [-0.25, -0.2) is 0 Å². The van der Waals surface area contributed by atoms with E-state index in [0.717, 1.165) is 12.1 Å². The zero-order chi connectivity index (χ0) is 18.0. The fraction of sp³-hybridized carbons (Fsp3) is 0.176. The summed E-state index contributed by atoms with van der Waals surface area (Å²) in [5, 5.41) is 13.5. The van der Waals surface area contributed by atoms with Gasteiger partial charge in [0.2, 0.25) is 5.91 Å². The van der Waals surface area contributed by atoms with Crippen LogP contribution in [0.5, 0.6) is 0 Å². The number of amides is 2. The van der Waals surface area contributed by atoms with Gasteiger partial charge in [0.25, 0.3) is 11.6 Å². The summed E-state index contributed by atoms with van der Waals surface area (Å²) in [6.07, 6.45) is 1.37. The van der Waals surface area contributed by atoms with E-state index >= 15 is 0 Å². The van der Waals surface area contributed by atoms with E-state index in [1.807, 2.05) is 0 Å². The minimum Gasteiger partial charge on any atom is -0.322 e. The Morgan fingerprint density at radius 2 is 1.92 bits per heavy atom. The number of nitrogens with zero attached hydrogens (tertiary/aromatic N) is 2. The molecule has 2 aromatic rings. The summed E-state index contributed by atoms with van der Waals surface area (Å²) in [5.41, 5.74) is 1.14. The van der Waals surface area contributed by atoms with E-state index in [0.29, 0.717) is 18.5 Å². The Kier molecular flexibility index (Phi) is 4.67. The Labute approximate surface area is 148 Å². The van der Waals surface area contributed by atoms with E-state index in [-0.39, 0.29) is 22.3 Å². The molecule has 0 aromatic heterocycles. The molecule has 1 aliphatic rings. The van der Waals surface area contributed by atoms with E-state index in [9.17, 15) is 19.7 Å². The van der Waals surface area contributed by atoms with Gasteiger partial charge in [0.15, 0.2) is 0 Å². The van der Waals surface area contributed by atoms with E-state index < -0.39 is 10.8 Å². The van der Waals surface area contributed by atoms with Crippen molar-refractivity contribution in [2.45, 2.75) is 12.8 Å². The van der Waals surface area contributed by atoms with E-state index in [2.05, 4.69) is 5.32 Å². The first kappa shape index (κ1) is 16.9. The highest BCUT2D eigenvalue weighted by atomic mass is 35.5. The molecule has 7 nitrogen and oxygen atoms in total. The van der Waals surface area contributed by atoms with Gasteiger partial charge in [-0.1, -0.05) is 11.6 Å². The van der Waals surface area contributed by atoms with Gasteiger partial charge in [-0.05, 0) is 42.8 Å². The van der Waals surface area contributed by atoms with Crippen LogP contribution in [0, 0.1) is 10.1 Å².